The number of halogens is 4. The van der Waals surface area contributed by atoms with E-state index in [4.69, 9.17) is 57.2 Å². The van der Waals surface area contributed by atoms with Gasteiger partial charge in [-0.05, 0) is 88.3 Å². The van der Waals surface area contributed by atoms with Crippen LogP contribution in [0.1, 0.15) is 34.5 Å². The van der Waals surface area contributed by atoms with E-state index in [-0.39, 0.29) is 35.4 Å². The third-order valence-corrected chi connectivity index (χ3v) is 8.26. The molecule has 4 N–H and O–H groups in total. The first kappa shape index (κ1) is 51.4. The Morgan fingerprint density at radius 1 is 0.742 bits per heavy atom. The molecule has 0 bridgehead atoms. The summed E-state index contributed by atoms with van der Waals surface area (Å²) in [6, 6.07) is 28.7. The lowest BCUT2D eigenvalue weighted by Gasteiger charge is -2.06. The number of H-pyrrole nitrogens is 1. The molecule has 0 atom stereocenters. The number of nitriles is 3. The Bertz CT molecular complexity index is 2920. The summed E-state index contributed by atoms with van der Waals surface area (Å²) >= 11 is 19.9. The van der Waals surface area contributed by atoms with Crippen molar-refractivity contribution in [2.75, 3.05) is 34.2 Å². The quantitative estimate of drug-likeness (QED) is 0.107. The van der Waals surface area contributed by atoms with Gasteiger partial charge in [-0.15, -0.1) is 0 Å². The number of methoxy groups -OCH3 is 4. The number of hydrogen-bond acceptors (Lipinski definition) is 13. The van der Waals surface area contributed by atoms with Gasteiger partial charge in [-0.2, -0.15) is 15.8 Å². The second-order valence-electron chi connectivity index (χ2n) is 11.5. The van der Waals surface area contributed by atoms with Gasteiger partial charge in [-0.1, -0.05) is 43.3 Å². The van der Waals surface area contributed by atoms with Gasteiger partial charge in [-0.3, -0.25) is 19.3 Å². The molecule has 7 aromatic rings. The molecule has 4 aromatic carbocycles. The lowest BCUT2D eigenvalue weighted by Crippen LogP contribution is -2.08. The first-order valence-electron chi connectivity index (χ1n) is 16.8. The molecule has 0 unspecified atom stereocenters. The minimum atomic E-state index is -3.22. The predicted octanol–water partition coefficient (Wildman–Crippen LogP) is 10.7. The molecule has 0 aliphatic carbocycles. The van der Waals surface area contributed by atoms with Gasteiger partial charge < -0.3 is 34.8 Å². The second-order valence-corrected chi connectivity index (χ2v) is 18.5. The molecule has 0 radical (unpaired) electrons. The van der Waals surface area contributed by atoms with Crippen molar-refractivity contribution in [1.29, 1.82) is 15.8 Å². The van der Waals surface area contributed by atoms with Crippen LogP contribution in [0.5, 0.6) is 23.0 Å². The Labute approximate surface area is 375 Å². The minimum Gasteiger partial charge on any atom is -0.496 e. The highest BCUT2D eigenvalue weighted by molar-refractivity contribution is 8.24. The summed E-state index contributed by atoms with van der Waals surface area (Å²) in [6.07, 6.45) is 4.43. The molecule has 320 valence electrons. The van der Waals surface area contributed by atoms with E-state index in [1.807, 2.05) is 42.5 Å². The fourth-order valence-corrected chi connectivity index (χ4v) is 5.50. The number of pyridine rings is 3. The number of benzene rings is 4. The summed E-state index contributed by atoms with van der Waals surface area (Å²) in [6.45, 7) is 0. The van der Waals surface area contributed by atoms with E-state index in [2.05, 4.69) is 54.7 Å². The zero-order chi connectivity index (χ0) is 45.3. The van der Waals surface area contributed by atoms with Crippen LogP contribution in [0.3, 0.4) is 0 Å². The molecule has 3 aromatic heterocycles. The monoisotopic (exact) mass is 937 g/mol. The number of anilines is 1. The number of nitrogens with two attached hydrogens (primary N) is 1. The molecule has 62 heavy (non-hydrogen) atoms. The van der Waals surface area contributed by atoms with Crippen molar-refractivity contribution in [3.63, 3.8) is 0 Å². The van der Waals surface area contributed by atoms with Crippen molar-refractivity contribution < 1.29 is 33.4 Å². The van der Waals surface area contributed by atoms with Gasteiger partial charge in [0, 0.05) is 29.7 Å². The number of nitrogen functional groups attached to an aromatic ring is 1. The summed E-state index contributed by atoms with van der Waals surface area (Å²) in [5.74, 6) is 1.05. The zero-order valence-corrected chi connectivity index (χ0v) is 36.2. The van der Waals surface area contributed by atoms with Crippen molar-refractivity contribution >= 4 is 94.9 Å². The van der Waals surface area contributed by atoms with E-state index in [1.165, 1.54) is 32.7 Å². The first-order valence-corrected chi connectivity index (χ1v) is 21.6. The third kappa shape index (κ3) is 13.9. The number of fused-ring (bicyclic) bond motifs is 3. The molecular weight excluding hydrogens is 903 g/mol. The van der Waals surface area contributed by atoms with Crippen molar-refractivity contribution in [3.8, 4) is 41.2 Å². The van der Waals surface area contributed by atoms with Gasteiger partial charge in [0.1, 0.15) is 52.3 Å². The molecule has 0 fully saturated rings. The number of nitrogens with one attached hydrogen (secondary N) is 1. The molecule has 15 nitrogen and oxygen atoms in total. The predicted molar refractivity (Wildman–Crippen MR) is 243 cm³/mol. The van der Waals surface area contributed by atoms with E-state index in [9.17, 15) is 14.2 Å². The van der Waals surface area contributed by atoms with Crippen molar-refractivity contribution in [2.45, 2.75) is 7.43 Å². The molecule has 0 aliphatic rings. The van der Waals surface area contributed by atoms with Crippen LogP contribution >= 0.6 is 50.5 Å². The first-order chi connectivity index (χ1) is 29.1. The summed E-state index contributed by atoms with van der Waals surface area (Å²) in [4.78, 5) is 33.6. The molecule has 0 aliphatic heterocycles. The Balaban J connectivity index is 0.000000274. The molecule has 0 saturated heterocycles. The van der Waals surface area contributed by atoms with E-state index in [0.717, 1.165) is 22.2 Å². The van der Waals surface area contributed by atoms with E-state index >= 15 is 0 Å². The Kier molecular flexibility index (Phi) is 20.3. The molecule has 0 spiro atoms. The number of ether oxygens (including phenoxy) is 4. The minimum absolute atomic E-state index is 0. The van der Waals surface area contributed by atoms with Crippen LogP contribution in [-0.4, -0.2) is 54.5 Å². The van der Waals surface area contributed by atoms with E-state index < -0.39 is 11.2 Å². The number of carbonyl (C=O) groups is 1. The highest BCUT2D eigenvalue weighted by Gasteiger charge is 2.14. The van der Waals surface area contributed by atoms with Crippen LogP contribution in [0.2, 0.25) is 5.02 Å². The fraction of sp³-hybridized carbons (Fsp3) is 0.119. The number of carboxylic acids is 1. The smallest absolute Gasteiger partial charge is 0.341 e. The maximum Gasteiger partial charge on any atom is 0.341 e. The maximum atomic E-state index is 11.8. The number of carboxylic acid groups (broad SMARTS) is 1. The van der Waals surface area contributed by atoms with E-state index in [0.29, 0.717) is 43.9 Å². The van der Waals surface area contributed by atoms with Crippen molar-refractivity contribution in [1.82, 2.24) is 15.0 Å². The van der Waals surface area contributed by atoms with Crippen LogP contribution in [0.15, 0.2) is 102 Å². The molecule has 20 heteroatoms. The SMILES string of the molecule is C.COc1cccc(N)c1C(=O)O.COc1cccc2[nH]cc(C#N)c(=O)c12.COc1cccc2ncc(C#N)c(Cl)c12.COc1cccc2ncc(C#N)cc12.O=P(Cl)(Cl)Cl. The summed E-state index contributed by atoms with van der Waals surface area (Å²) in [7, 11) is 6.06. The summed E-state index contributed by atoms with van der Waals surface area (Å²) < 4.78 is 29.8. The van der Waals surface area contributed by atoms with E-state index in [1.54, 1.807) is 62.9 Å². The van der Waals surface area contributed by atoms with Crippen molar-refractivity contribution in [3.05, 3.63) is 135 Å². The number of aromatic amines is 1. The maximum absolute atomic E-state index is 11.8. The van der Waals surface area contributed by atoms with Crippen LogP contribution in [0.25, 0.3) is 32.7 Å². The van der Waals surface area contributed by atoms with Crippen LogP contribution in [0, 0.1) is 34.0 Å². The number of aromatic nitrogens is 3. The number of rotatable bonds is 5. The average Bonchev–Trinajstić information content (AvgIpc) is 3.25. The largest absolute Gasteiger partial charge is 0.496 e. The average molecular weight is 940 g/mol. The molecule has 0 saturated carbocycles. The van der Waals surface area contributed by atoms with Gasteiger partial charge in [0.05, 0.1) is 71.9 Å². The summed E-state index contributed by atoms with van der Waals surface area (Å²) in [5.41, 5.74) is 8.57. The Hall–Kier alpha value is -6.76. The highest BCUT2D eigenvalue weighted by Crippen LogP contribution is 2.61. The standard InChI is InChI=1S/C11H7ClN2O.C11H8N2O2.C11H8N2O.C8H9NO3.CH4.Cl3OP/c1-15-9-4-2-3-8-10(9)11(12)7(5-13)6-14-8;1-15-9-4-2-3-8-10(9)11(14)7(5-12)6-13-8;1-14-11-4-2-3-10-9(11)5-8(6-12)7-13-10;1-12-6-4-2-3-5(9)7(6)8(10)11;;1-5(2,3)4/h2-4,6H,1H3;2-4,6H,1H3,(H,13,14);2-5,7H,1H3;2-4H,9H2,1H3,(H,10,11);1H4;. The Morgan fingerprint density at radius 2 is 1.24 bits per heavy atom. The van der Waals surface area contributed by atoms with Gasteiger partial charge in [0.25, 0.3) is 0 Å². The van der Waals surface area contributed by atoms with Gasteiger partial charge in [0.2, 0.25) is 5.43 Å². The van der Waals surface area contributed by atoms with Gasteiger partial charge >= 0.3 is 11.2 Å². The molecule has 7 rings (SSSR count). The Morgan fingerprint density at radius 3 is 1.77 bits per heavy atom. The highest BCUT2D eigenvalue weighted by atomic mass is 36.0. The lowest BCUT2D eigenvalue weighted by molar-refractivity contribution is 0.0694. The van der Waals surface area contributed by atoms with Crippen molar-refractivity contribution in [2.24, 2.45) is 0 Å². The second kappa shape index (κ2) is 24.5. The van der Waals surface area contributed by atoms with Gasteiger partial charge in [-0.25, -0.2) is 4.79 Å². The zero-order valence-electron chi connectivity index (χ0n) is 32.3. The fourth-order valence-electron chi connectivity index (χ4n) is 5.22. The summed E-state index contributed by atoms with van der Waals surface area (Å²) in [5, 5.41) is 34.1. The third-order valence-electron chi connectivity index (χ3n) is 7.87. The molecule has 0 amide bonds. The molecular formula is C42H36Cl4N7O8P. The number of nitrogens with zero attached hydrogens (tertiary/aromatic N) is 5. The van der Waals surface area contributed by atoms with Crippen LogP contribution < -0.4 is 30.1 Å². The topological polar surface area (TPSA) is 247 Å². The number of aromatic carboxylic acids is 1. The normalized spacial score (nSPS) is 9.76. The number of hydrogen-bond donors (Lipinski definition) is 3. The molecule has 3 heterocycles. The van der Waals surface area contributed by atoms with Crippen LogP contribution in [0.4, 0.5) is 5.69 Å². The van der Waals surface area contributed by atoms with Gasteiger partial charge in [0.15, 0.2) is 0 Å². The lowest BCUT2D eigenvalue weighted by atomic mass is 10.1. The van der Waals surface area contributed by atoms with Crippen LogP contribution in [-0.2, 0) is 4.57 Å².